The van der Waals surface area contributed by atoms with Crippen LogP contribution in [0, 0.1) is 34.3 Å². The highest BCUT2D eigenvalue weighted by atomic mass is 19.1. The van der Waals surface area contributed by atoms with Crippen molar-refractivity contribution in [3.05, 3.63) is 71.3 Å². The minimum absolute atomic E-state index is 0.251. The summed E-state index contributed by atoms with van der Waals surface area (Å²) >= 11 is 0. The van der Waals surface area contributed by atoms with E-state index in [1.54, 1.807) is 18.2 Å². The van der Waals surface area contributed by atoms with Crippen molar-refractivity contribution >= 4 is 0 Å². The summed E-state index contributed by atoms with van der Waals surface area (Å²) in [7, 11) is 0. The van der Waals surface area contributed by atoms with Crippen LogP contribution in [-0.4, -0.2) is 0 Å². The standard InChI is InChI=1S/C11H10FN.C8H6FN/c12-10-4-1-3-9(7-10)11(8-13)5-2-6-11;9-8-3-1-2-7(6-8)4-5-10/h1,3-4,7H,2,5-6H2;1-3,6H,4H2. The summed E-state index contributed by atoms with van der Waals surface area (Å²) in [5, 5.41) is 17.2. The van der Waals surface area contributed by atoms with Gasteiger partial charge < -0.3 is 0 Å². The van der Waals surface area contributed by atoms with Gasteiger partial charge in [0.05, 0.1) is 24.0 Å². The number of hydrogen-bond donors (Lipinski definition) is 0. The SMILES string of the molecule is N#CC1(c2cccc(F)c2)CCC1.N#CCc1cccc(F)c1. The molecule has 0 heterocycles. The van der Waals surface area contributed by atoms with Gasteiger partial charge in [0.1, 0.15) is 11.6 Å². The molecule has 2 nitrogen and oxygen atoms in total. The Labute approximate surface area is 134 Å². The predicted molar refractivity (Wildman–Crippen MR) is 83.3 cm³/mol. The Hall–Kier alpha value is -2.72. The molecule has 2 aromatic rings. The van der Waals surface area contributed by atoms with Crippen molar-refractivity contribution in [2.24, 2.45) is 0 Å². The quantitative estimate of drug-likeness (QED) is 0.809. The minimum Gasteiger partial charge on any atom is -0.207 e. The van der Waals surface area contributed by atoms with Gasteiger partial charge in [-0.3, -0.25) is 0 Å². The van der Waals surface area contributed by atoms with Crippen molar-refractivity contribution in [2.75, 3.05) is 0 Å². The van der Waals surface area contributed by atoms with Gasteiger partial charge in [0.25, 0.3) is 0 Å². The monoisotopic (exact) mass is 310 g/mol. The average molecular weight is 310 g/mol. The Balaban J connectivity index is 0.000000174. The molecule has 0 aliphatic heterocycles. The zero-order chi connectivity index (χ0) is 16.7. The Kier molecular flexibility index (Phi) is 5.44. The minimum atomic E-state index is -0.387. The van der Waals surface area contributed by atoms with Crippen molar-refractivity contribution in [3.8, 4) is 12.1 Å². The molecule has 0 saturated heterocycles. The van der Waals surface area contributed by atoms with Crippen molar-refractivity contribution < 1.29 is 8.78 Å². The lowest BCUT2D eigenvalue weighted by atomic mass is 9.65. The zero-order valence-corrected chi connectivity index (χ0v) is 12.6. The van der Waals surface area contributed by atoms with Crippen LogP contribution in [0.3, 0.4) is 0 Å². The molecule has 23 heavy (non-hydrogen) atoms. The Morgan fingerprint density at radius 2 is 1.61 bits per heavy atom. The van der Waals surface area contributed by atoms with Gasteiger partial charge in [-0.15, -0.1) is 0 Å². The van der Waals surface area contributed by atoms with E-state index in [0.29, 0.717) is 0 Å². The summed E-state index contributed by atoms with van der Waals surface area (Å²) in [6.45, 7) is 0. The van der Waals surface area contributed by atoms with E-state index in [9.17, 15) is 8.78 Å². The van der Waals surface area contributed by atoms with Crippen LogP contribution in [0.15, 0.2) is 48.5 Å². The van der Waals surface area contributed by atoms with Crippen molar-refractivity contribution in [2.45, 2.75) is 31.1 Å². The van der Waals surface area contributed by atoms with Crippen molar-refractivity contribution in [3.63, 3.8) is 0 Å². The Morgan fingerprint density at radius 3 is 2.09 bits per heavy atom. The fraction of sp³-hybridized carbons (Fsp3) is 0.263. The number of benzene rings is 2. The second kappa shape index (κ2) is 7.51. The van der Waals surface area contributed by atoms with E-state index >= 15 is 0 Å². The molecule has 0 N–H and O–H groups in total. The molecular weight excluding hydrogens is 294 g/mol. The third kappa shape index (κ3) is 4.14. The van der Waals surface area contributed by atoms with Gasteiger partial charge in [-0.2, -0.15) is 10.5 Å². The van der Waals surface area contributed by atoms with Gasteiger partial charge in [0, 0.05) is 0 Å². The average Bonchev–Trinajstić information content (AvgIpc) is 2.48. The van der Waals surface area contributed by atoms with E-state index in [1.807, 2.05) is 12.1 Å². The Morgan fingerprint density at radius 1 is 0.957 bits per heavy atom. The molecule has 0 aromatic heterocycles. The molecule has 0 unspecified atom stereocenters. The molecule has 0 bridgehead atoms. The molecule has 2 aromatic carbocycles. The largest absolute Gasteiger partial charge is 0.207 e. The molecule has 116 valence electrons. The highest BCUT2D eigenvalue weighted by Crippen LogP contribution is 2.43. The first-order valence-electron chi connectivity index (χ1n) is 7.38. The number of rotatable bonds is 2. The van der Waals surface area contributed by atoms with E-state index < -0.39 is 0 Å². The first kappa shape index (κ1) is 16.6. The molecule has 0 amide bonds. The first-order valence-corrected chi connectivity index (χ1v) is 7.38. The van der Waals surface area contributed by atoms with E-state index in [-0.39, 0.29) is 23.5 Å². The molecule has 0 atom stereocenters. The van der Waals surface area contributed by atoms with Gasteiger partial charge >= 0.3 is 0 Å². The van der Waals surface area contributed by atoms with E-state index in [0.717, 1.165) is 30.4 Å². The molecule has 0 radical (unpaired) electrons. The van der Waals surface area contributed by atoms with E-state index in [4.69, 9.17) is 10.5 Å². The third-order valence-electron chi connectivity index (χ3n) is 3.97. The molecule has 1 fully saturated rings. The predicted octanol–water partition coefficient (Wildman–Crippen LogP) is 4.66. The third-order valence-corrected chi connectivity index (χ3v) is 3.97. The number of hydrogen-bond acceptors (Lipinski definition) is 2. The smallest absolute Gasteiger partial charge is 0.123 e. The lowest BCUT2D eigenvalue weighted by Gasteiger charge is -2.35. The van der Waals surface area contributed by atoms with Crippen molar-refractivity contribution in [1.82, 2.24) is 0 Å². The molecule has 1 saturated carbocycles. The second-order valence-electron chi connectivity index (χ2n) is 5.52. The number of nitriles is 2. The summed E-state index contributed by atoms with van der Waals surface area (Å²) in [5.41, 5.74) is 1.17. The first-order chi connectivity index (χ1) is 11.1. The molecule has 1 aliphatic carbocycles. The number of halogens is 2. The topological polar surface area (TPSA) is 47.6 Å². The lowest BCUT2D eigenvalue weighted by molar-refractivity contribution is 0.323. The van der Waals surface area contributed by atoms with E-state index in [1.165, 1.54) is 24.3 Å². The highest BCUT2D eigenvalue weighted by Gasteiger charge is 2.38. The van der Waals surface area contributed by atoms with Gasteiger partial charge in [-0.25, -0.2) is 8.78 Å². The highest BCUT2D eigenvalue weighted by molar-refractivity contribution is 5.35. The second-order valence-corrected chi connectivity index (χ2v) is 5.52. The van der Waals surface area contributed by atoms with Crippen LogP contribution < -0.4 is 0 Å². The lowest BCUT2D eigenvalue weighted by Crippen LogP contribution is -2.32. The van der Waals surface area contributed by atoms with E-state index in [2.05, 4.69) is 6.07 Å². The normalized spacial score (nSPS) is 14.4. The fourth-order valence-electron chi connectivity index (χ4n) is 2.52. The van der Waals surface area contributed by atoms with Crippen LogP contribution in [0.5, 0.6) is 0 Å². The fourth-order valence-corrected chi connectivity index (χ4v) is 2.52. The molecule has 1 aliphatic rings. The van der Waals surface area contributed by atoms with Crippen molar-refractivity contribution in [1.29, 1.82) is 10.5 Å². The van der Waals surface area contributed by atoms with Crippen LogP contribution in [0.25, 0.3) is 0 Å². The maximum Gasteiger partial charge on any atom is 0.123 e. The van der Waals surface area contributed by atoms with Crippen LogP contribution in [0.4, 0.5) is 8.78 Å². The van der Waals surface area contributed by atoms with Crippen LogP contribution >= 0.6 is 0 Å². The zero-order valence-electron chi connectivity index (χ0n) is 12.6. The Bertz CT molecular complexity index is 752. The maximum absolute atomic E-state index is 12.9. The van der Waals surface area contributed by atoms with Gasteiger partial charge in [-0.1, -0.05) is 24.3 Å². The van der Waals surface area contributed by atoms with Crippen LogP contribution in [-0.2, 0) is 11.8 Å². The summed E-state index contributed by atoms with van der Waals surface area (Å²) in [4.78, 5) is 0. The van der Waals surface area contributed by atoms with Crippen LogP contribution in [0.1, 0.15) is 30.4 Å². The summed E-state index contributed by atoms with van der Waals surface area (Å²) < 4.78 is 25.3. The summed E-state index contributed by atoms with van der Waals surface area (Å²) in [6.07, 6.45) is 3.09. The van der Waals surface area contributed by atoms with Gasteiger partial charge in [0.15, 0.2) is 0 Å². The summed E-state index contributed by atoms with van der Waals surface area (Å²) in [6, 6.07) is 16.7. The molecular formula is C19H16F2N2. The van der Waals surface area contributed by atoms with Gasteiger partial charge in [-0.05, 0) is 54.7 Å². The van der Waals surface area contributed by atoms with Crippen LogP contribution in [0.2, 0.25) is 0 Å². The molecule has 3 rings (SSSR count). The maximum atomic E-state index is 12.9. The molecule has 0 spiro atoms. The molecule has 4 heteroatoms. The van der Waals surface area contributed by atoms with Gasteiger partial charge in [0.2, 0.25) is 0 Å². The number of nitrogens with zero attached hydrogens (tertiary/aromatic N) is 2. The summed E-state index contributed by atoms with van der Waals surface area (Å²) in [5.74, 6) is -0.535.